The Hall–Kier alpha value is -4.20. The number of nitrogens with zero attached hydrogens (tertiary/aromatic N) is 3. The fourth-order valence-corrected chi connectivity index (χ4v) is 3.31. The van der Waals surface area contributed by atoms with Crippen molar-refractivity contribution < 1.29 is 14.4 Å². The number of benzene rings is 3. The van der Waals surface area contributed by atoms with Crippen molar-refractivity contribution in [3.63, 3.8) is 0 Å². The summed E-state index contributed by atoms with van der Waals surface area (Å²) in [6.07, 6.45) is 0. The molecule has 0 unspecified atom stereocenters. The van der Waals surface area contributed by atoms with Crippen LogP contribution in [0.5, 0.6) is 11.5 Å². The number of aromatic nitrogens is 2. The summed E-state index contributed by atoms with van der Waals surface area (Å²) in [6.45, 7) is 0.234. The van der Waals surface area contributed by atoms with Crippen molar-refractivity contribution in [2.45, 2.75) is 6.54 Å². The van der Waals surface area contributed by atoms with Gasteiger partial charge in [-0.05, 0) is 42.5 Å². The van der Waals surface area contributed by atoms with E-state index in [4.69, 9.17) is 14.5 Å². The average molecular weight is 417 g/mol. The van der Waals surface area contributed by atoms with Crippen LogP contribution in [0.25, 0.3) is 22.3 Å². The average Bonchev–Trinajstić information content (AvgIpc) is 2.80. The maximum absolute atomic E-state index is 13.2. The Labute approximate surface area is 177 Å². The van der Waals surface area contributed by atoms with Crippen molar-refractivity contribution in [1.29, 1.82) is 0 Å². The first-order valence-corrected chi connectivity index (χ1v) is 9.58. The maximum atomic E-state index is 13.2. The smallest absolute Gasteiger partial charge is 0.310 e. The summed E-state index contributed by atoms with van der Waals surface area (Å²) in [6, 6.07) is 20.5. The number of para-hydroxylation sites is 3. The van der Waals surface area contributed by atoms with Gasteiger partial charge in [-0.2, -0.15) is 0 Å². The topological polar surface area (TPSA) is 96.5 Å². The van der Waals surface area contributed by atoms with Gasteiger partial charge in [-0.3, -0.25) is 19.5 Å². The third kappa shape index (κ3) is 4.09. The molecule has 8 nitrogen and oxygen atoms in total. The van der Waals surface area contributed by atoms with Gasteiger partial charge in [0.15, 0.2) is 5.75 Å². The number of rotatable bonds is 7. The van der Waals surface area contributed by atoms with Gasteiger partial charge in [-0.15, -0.1) is 0 Å². The molecule has 4 aromatic rings. The Morgan fingerprint density at radius 2 is 1.71 bits per heavy atom. The van der Waals surface area contributed by atoms with Crippen LogP contribution in [0.15, 0.2) is 77.6 Å². The van der Waals surface area contributed by atoms with Gasteiger partial charge < -0.3 is 9.47 Å². The van der Waals surface area contributed by atoms with Crippen LogP contribution in [0.4, 0.5) is 5.69 Å². The molecule has 0 aliphatic heterocycles. The van der Waals surface area contributed by atoms with Crippen LogP contribution in [-0.4, -0.2) is 28.2 Å². The molecule has 31 heavy (non-hydrogen) atoms. The number of nitro groups is 1. The van der Waals surface area contributed by atoms with E-state index in [1.807, 2.05) is 18.2 Å². The van der Waals surface area contributed by atoms with Gasteiger partial charge in [0.1, 0.15) is 18.2 Å². The van der Waals surface area contributed by atoms with Crippen LogP contribution in [0, 0.1) is 10.1 Å². The van der Waals surface area contributed by atoms with E-state index in [2.05, 4.69) is 0 Å². The molecular formula is C23H19N3O5. The molecule has 1 aromatic heterocycles. The van der Waals surface area contributed by atoms with E-state index < -0.39 is 4.92 Å². The second-order valence-electron chi connectivity index (χ2n) is 6.71. The Balaban J connectivity index is 1.71. The summed E-state index contributed by atoms with van der Waals surface area (Å²) >= 11 is 0. The summed E-state index contributed by atoms with van der Waals surface area (Å²) in [5.74, 6) is 1.33. The van der Waals surface area contributed by atoms with E-state index in [-0.39, 0.29) is 30.1 Å². The van der Waals surface area contributed by atoms with E-state index in [1.165, 1.54) is 16.7 Å². The molecule has 0 aliphatic rings. The fourth-order valence-electron chi connectivity index (χ4n) is 3.31. The highest BCUT2D eigenvalue weighted by atomic mass is 16.6. The zero-order chi connectivity index (χ0) is 21.8. The summed E-state index contributed by atoms with van der Waals surface area (Å²) in [4.78, 5) is 28.6. The number of fused-ring (bicyclic) bond motifs is 1. The van der Waals surface area contributed by atoms with E-state index in [0.717, 1.165) is 5.56 Å². The SMILES string of the molecule is COc1ccc(-c2nc3ccccc3c(=O)n2CCOc2ccccc2[N+](=O)[O-])cc1. The van der Waals surface area contributed by atoms with Gasteiger partial charge >= 0.3 is 5.69 Å². The molecular weight excluding hydrogens is 398 g/mol. The minimum atomic E-state index is -0.498. The van der Waals surface area contributed by atoms with Crippen LogP contribution in [0.2, 0.25) is 0 Å². The number of nitro benzene ring substituents is 1. The summed E-state index contributed by atoms with van der Waals surface area (Å²) in [7, 11) is 1.58. The lowest BCUT2D eigenvalue weighted by Crippen LogP contribution is -2.26. The van der Waals surface area contributed by atoms with Crippen molar-refractivity contribution >= 4 is 16.6 Å². The van der Waals surface area contributed by atoms with Crippen molar-refractivity contribution in [3.05, 3.63) is 93.3 Å². The molecule has 3 aromatic carbocycles. The van der Waals surface area contributed by atoms with Gasteiger partial charge in [0.05, 0.1) is 29.5 Å². The van der Waals surface area contributed by atoms with Gasteiger partial charge in [0.25, 0.3) is 5.56 Å². The van der Waals surface area contributed by atoms with Crippen LogP contribution in [-0.2, 0) is 6.54 Å². The molecule has 4 rings (SSSR count). The molecule has 0 aliphatic carbocycles. The quantitative estimate of drug-likeness (QED) is 0.332. The third-order valence-corrected chi connectivity index (χ3v) is 4.84. The van der Waals surface area contributed by atoms with E-state index in [1.54, 1.807) is 49.6 Å². The fraction of sp³-hybridized carbons (Fsp3) is 0.130. The molecule has 0 N–H and O–H groups in total. The maximum Gasteiger partial charge on any atom is 0.310 e. The van der Waals surface area contributed by atoms with Crippen molar-refractivity contribution in [1.82, 2.24) is 9.55 Å². The molecule has 0 bridgehead atoms. The molecule has 0 atom stereocenters. The van der Waals surface area contributed by atoms with Gasteiger partial charge in [-0.1, -0.05) is 24.3 Å². The first-order valence-electron chi connectivity index (χ1n) is 9.58. The number of methoxy groups -OCH3 is 1. The molecule has 0 saturated carbocycles. The molecule has 156 valence electrons. The highest BCUT2D eigenvalue weighted by molar-refractivity contribution is 5.79. The van der Waals surface area contributed by atoms with Crippen LogP contribution in [0.1, 0.15) is 0 Å². The lowest BCUT2D eigenvalue weighted by atomic mass is 10.1. The monoisotopic (exact) mass is 417 g/mol. The van der Waals surface area contributed by atoms with Crippen LogP contribution in [0.3, 0.4) is 0 Å². The first-order chi connectivity index (χ1) is 15.1. The lowest BCUT2D eigenvalue weighted by Gasteiger charge is -2.14. The van der Waals surface area contributed by atoms with Crippen molar-refractivity contribution in [2.24, 2.45) is 0 Å². The number of hydrogen-bond donors (Lipinski definition) is 0. The van der Waals surface area contributed by atoms with Gasteiger partial charge in [0.2, 0.25) is 0 Å². The second-order valence-corrected chi connectivity index (χ2v) is 6.71. The summed E-state index contributed by atoms with van der Waals surface area (Å²) in [5, 5.41) is 11.7. The molecule has 1 heterocycles. The van der Waals surface area contributed by atoms with Crippen molar-refractivity contribution in [3.8, 4) is 22.9 Å². The Morgan fingerprint density at radius 3 is 2.45 bits per heavy atom. The molecule has 0 fully saturated rings. The van der Waals surface area contributed by atoms with Gasteiger partial charge in [0, 0.05) is 11.6 Å². The third-order valence-electron chi connectivity index (χ3n) is 4.84. The molecule has 0 amide bonds. The van der Waals surface area contributed by atoms with Gasteiger partial charge in [-0.25, -0.2) is 4.98 Å². The second kappa shape index (κ2) is 8.66. The predicted octanol–water partition coefficient (Wildman–Crippen LogP) is 4.06. The molecule has 0 saturated heterocycles. The zero-order valence-electron chi connectivity index (χ0n) is 16.7. The molecule has 0 spiro atoms. The van der Waals surface area contributed by atoms with Crippen molar-refractivity contribution in [2.75, 3.05) is 13.7 Å². The Kier molecular flexibility index (Phi) is 5.61. The summed E-state index contributed by atoms with van der Waals surface area (Å²) in [5.41, 5.74) is 1.01. The van der Waals surface area contributed by atoms with Crippen LogP contribution >= 0.6 is 0 Å². The highest BCUT2D eigenvalue weighted by Crippen LogP contribution is 2.26. The van der Waals surface area contributed by atoms with Crippen LogP contribution < -0.4 is 15.0 Å². The van der Waals surface area contributed by atoms with E-state index >= 15 is 0 Å². The summed E-state index contributed by atoms with van der Waals surface area (Å²) < 4.78 is 12.4. The molecule has 8 heteroatoms. The normalized spacial score (nSPS) is 10.7. The van der Waals surface area contributed by atoms with E-state index in [9.17, 15) is 14.9 Å². The molecule has 0 radical (unpaired) electrons. The predicted molar refractivity (Wildman–Crippen MR) is 117 cm³/mol. The minimum Gasteiger partial charge on any atom is -0.497 e. The Bertz CT molecular complexity index is 1300. The number of hydrogen-bond acceptors (Lipinski definition) is 6. The van der Waals surface area contributed by atoms with E-state index in [0.29, 0.717) is 22.5 Å². The Morgan fingerprint density at radius 1 is 1.00 bits per heavy atom. The lowest BCUT2D eigenvalue weighted by molar-refractivity contribution is -0.385. The first kappa shape index (κ1) is 20.1. The zero-order valence-corrected chi connectivity index (χ0v) is 16.7. The number of ether oxygens (including phenoxy) is 2. The standard InChI is InChI=1S/C23H19N3O5/c1-30-17-12-10-16(11-13-17)22-24-19-7-3-2-6-18(19)23(27)25(22)14-15-31-21-9-5-4-8-20(21)26(28)29/h2-13H,14-15H2,1H3. The minimum absolute atomic E-state index is 0.0634. The highest BCUT2D eigenvalue weighted by Gasteiger charge is 2.16. The largest absolute Gasteiger partial charge is 0.497 e.